The van der Waals surface area contributed by atoms with Gasteiger partial charge in [0.1, 0.15) is 5.75 Å². The topological polar surface area (TPSA) is 79.0 Å². The fourth-order valence-electron chi connectivity index (χ4n) is 4.23. The number of piperidine rings is 1. The van der Waals surface area contributed by atoms with Gasteiger partial charge in [-0.3, -0.25) is 14.4 Å². The molecule has 0 aromatic heterocycles. The van der Waals surface area contributed by atoms with E-state index in [0.29, 0.717) is 32.5 Å². The number of nitrogens with one attached hydrogen (secondary N) is 1. The van der Waals surface area contributed by atoms with Crippen molar-refractivity contribution in [1.29, 1.82) is 0 Å². The van der Waals surface area contributed by atoms with Crippen molar-refractivity contribution in [3.05, 3.63) is 29.8 Å². The van der Waals surface area contributed by atoms with Crippen molar-refractivity contribution < 1.29 is 19.1 Å². The molecule has 3 rings (SSSR count). The number of methoxy groups -OCH3 is 1. The van der Waals surface area contributed by atoms with Crippen molar-refractivity contribution in [3.63, 3.8) is 0 Å². The van der Waals surface area contributed by atoms with Crippen LogP contribution in [0.4, 0.5) is 0 Å². The first-order chi connectivity index (χ1) is 14.6. The third kappa shape index (κ3) is 6.21. The Morgan fingerprint density at radius 3 is 2.57 bits per heavy atom. The number of rotatable bonds is 6. The summed E-state index contributed by atoms with van der Waals surface area (Å²) in [6.45, 7) is 2.07. The van der Waals surface area contributed by atoms with Crippen LogP contribution in [0.15, 0.2) is 24.3 Å². The molecule has 1 aromatic rings. The average molecular weight is 416 g/mol. The normalized spacial score (nSPS) is 18.5. The van der Waals surface area contributed by atoms with Crippen molar-refractivity contribution in [1.82, 2.24) is 15.1 Å². The number of likely N-dealkylation sites (tertiary alicyclic amines) is 2. The Morgan fingerprint density at radius 2 is 1.80 bits per heavy atom. The minimum absolute atomic E-state index is 0.0534. The van der Waals surface area contributed by atoms with Crippen molar-refractivity contribution in [2.24, 2.45) is 0 Å². The zero-order valence-electron chi connectivity index (χ0n) is 17.9. The summed E-state index contributed by atoms with van der Waals surface area (Å²) >= 11 is 0. The SMILES string of the molecule is COc1ccccc1CC(=O)N1CCC(NC(=O)CN2CCCCCCC2=O)CC1. The van der Waals surface area contributed by atoms with Gasteiger partial charge < -0.3 is 19.9 Å². The van der Waals surface area contributed by atoms with E-state index in [1.807, 2.05) is 29.2 Å². The number of para-hydroxylation sites is 1. The molecular formula is C23H33N3O4. The summed E-state index contributed by atoms with van der Waals surface area (Å²) in [6.07, 6.45) is 6.42. The fourth-order valence-corrected chi connectivity index (χ4v) is 4.23. The third-order valence-electron chi connectivity index (χ3n) is 6.00. The maximum absolute atomic E-state index is 12.7. The van der Waals surface area contributed by atoms with E-state index < -0.39 is 0 Å². The van der Waals surface area contributed by atoms with E-state index in [4.69, 9.17) is 4.74 Å². The number of hydrogen-bond donors (Lipinski definition) is 1. The molecule has 0 spiro atoms. The number of carbonyl (C=O) groups excluding carboxylic acids is 3. The standard InChI is InChI=1S/C23H33N3O4/c1-30-20-9-6-5-8-18(20)16-23(29)25-14-11-19(12-15-25)24-21(27)17-26-13-7-3-2-4-10-22(26)28/h5-6,8-9,19H,2-4,7,10-17H2,1H3,(H,24,27). The summed E-state index contributed by atoms with van der Waals surface area (Å²) in [4.78, 5) is 40.9. The van der Waals surface area contributed by atoms with Gasteiger partial charge in [0.15, 0.2) is 0 Å². The van der Waals surface area contributed by atoms with Crippen LogP contribution in [0.5, 0.6) is 5.75 Å². The molecule has 2 aliphatic heterocycles. The van der Waals surface area contributed by atoms with Gasteiger partial charge in [-0.1, -0.05) is 31.0 Å². The molecule has 30 heavy (non-hydrogen) atoms. The molecule has 3 amide bonds. The molecule has 0 unspecified atom stereocenters. The highest BCUT2D eigenvalue weighted by atomic mass is 16.5. The fraction of sp³-hybridized carbons (Fsp3) is 0.609. The second-order valence-electron chi connectivity index (χ2n) is 8.19. The van der Waals surface area contributed by atoms with Crippen LogP contribution in [0.2, 0.25) is 0 Å². The predicted octanol–water partition coefficient (Wildman–Crippen LogP) is 2.14. The lowest BCUT2D eigenvalue weighted by atomic mass is 10.0. The van der Waals surface area contributed by atoms with Crippen molar-refractivity contribution in [2.75, 3.05) is 33.3 Å². The number of amides is 3. The van der Waals surface area contributed by atoms with Crippen LogP contribution in [0.25, 0.3) is 0 Å². The lowest BCUT2D eigenvalue weighted by molar-refractivity contribution is -0.137. The second-order valence-corrected chi connectivity index (χ2v) is 8.19. The van der Waals surface area contributed by atoms with Gasteiger partial charge in [0.2, 0.25) is 17.7 Å². The van der Waals surface area contributed by atoms with Gasteiger partial charge >= 0.3 is 0 Å². The van der Waals surface area contributed by atoms with Gasteiger partial charge in [0.05, 0.1) is 20.1 Å². The molecule has 164 valence electrons. The zero-order chi connectivity index (χ0) is 21.3. The molecule has 0 radical (unpaired) electrons. The molecule has 2 saturated heterocycles. The van der Waals surface area contributed by atoms with Crippen molar-refractivity contribution in [3.8, 4) is 5.75 Å². The van der Waals surface area contributed by atoms with E-state index >= 15 is 0 Å². The summed E-state index contributed by atoms with van der Waals surface area (Å²) in [7, 11) is 1.61. The average Bonchev–Trinajstić information content (AvgIpc) is 2.74. The van der Waals surface area contributed by atoms with E-state index in [1.54, 1.807) is 12.0 Å². The largest absolute Gasteiger partial charge is 0.496 e. The maximum Gasteiger partial charge on any atom is 0.239 e. The van der Waals surface area contributed by atoms with E-state index in [-0.39, 0.29) is 30.3 Å². The highest BCUT2D eigenvalue weighted by molar-refractivity contribution is 5.85. The van der Waals surface area contributed by atoms with Crippen LogP contribution in [-0.2, 0) is 20.8 Å². The van der Waals surface area contributed by atoms with Crippen LogP contribution in [0, 0.1) is 0 Å². The maximum atomic E-state index is 12.7. The summed E-state index contributed by atoms with van der Waals surface area (Å²) in [5.41, 5.74) is 0.887. The number of benzene rings is 1. The summed E-state index contributed by atoms with van der Waals surface area (Å²) < 4.78 is 5.33. The Bertz CT molecular complexity index is 744. The van der Waals surface area contributed by atoms with Crippen LogP contribution in [0.1, 0.15) is 50.5 Å². The molecule has 0 bridgehead atoms. The zero-order valence-corrected chi connectivity index (χ0v) is 17.9. The molecular weight excluding hydrogens is 382 g/mol. The van der Waals surface area contributed by atoms with Gasteiger partial charge in [0.25, 0.3) is 0 Å². The molecule has 0 atom stereocenters. The minimum atomic E-state index is -0.0947. The first-order valence-corrected chi connectivity index (χ1v) is 11.0. The van der Waals surface area contributed by atoms with Gasteiger partial charge in [-0.2, -0.15) is 0 Å². The van der Waals surface area contributed by atoms with Gasteiger partial charge in [-0.15, -0.1) is 0 Å². The van der Waals surface area contributed by atoms with Crippen molar-refractivity contribution in [2.45, 2.75) is 57.4 Å². The summed E-state index contributed by atoms with van der Waals surface area (Å²) in [5.74, 6) is 0.798. The van der Waals surface area contributed by atoms with Crippen LogP contribution in [0.3, 0.4) is 0 Å². The van der Waals surface area contributed by atoms with Gasteiger partial charge in [-0.25, -0.2) is 0 Å². The lowest BCUT2D eigenvalue weighted by Crippen LogP contribution is -2.49. The van der Waals surface area contributed by atoms with Crippen molar-refractivity contribution >= 4 is 17.7 Å². The molecule has 2 aliphatic rings. The first kappa shape index (κ1) is 22.1. The van der Waals surface area contributed by atoms with E-state index in [1.165, 1.54) is 0 Å². The molecule has 2 heterocycles. The molecule has 2 fully saturated rings. The molecule has 1 N–H and O–H groups in total. The van der Waals surface area contributed by atoms with E-state index in [9.17, 15) is 14.4 Å². The number of hydrogen-bond acceptors (Lipinski definition) is 4. The van der Waals surface area contributed by atoms with Crippen LogP contribution in [-0.4, -0.2) is 66.9 Å². The smallest absolute Gasteiger partial charge is 0.239 e. The summed E-state index contributed by atoms with van der Waals surface area (Å²) in [6, 6.07) is 7.63. The molecule has 0 saturated carbocycles. The Labute approximate surface area is 178 Å². The van der Waals surface area contributed by atoms with Gasteiger partial charge in [0, 0.05) is 37.7 Å². The van der Waals surface area contributed by atoms with Crippen LogP contribution >= 0.6 is 0 Å². The molecule has 7 heteroatoms. The predicted molar refractivity (Wildman–Crippen MR) is 114 cm³/mol. The third-order valence-corrected chi connectivity index (χ3v) is 6.00. The number of carbonyl (C=O) groups is 3. The Balaban J connectivity index is 1.43. The second kappa shape index (κ2) is 11.0. The van der Waals surface area contributed by atoms with Crippen LogP contribution < -0.4 is 10.1 Å². The molecule has 7 nitrogen and oxygen atoms in total. The summed E-state index contributed by atoms with van der Waals surface area (Å²) in [5, 5.41) is 3.06. The molecule has 0 aliphatic carbocycles. The first-order valence-electron chi connectivity index (χ1n) is 11.0. The highest BCUT2D eigenvalue weighted by Gasteiger charge is 2.25. The quantitative estimate of drug-likeness (QED) is 0.772. The Hall–Kier alpha value is -2.57. The minimum Gasteiger partial charge on any atom is -0.496 e. The Kier molecular flexibility index (Phi) is 8.11. The monoisotopic (exact) mass is 415 g/mol. The van der Waals surface area contributed by atoms with E-state index in [0.717, 1.165) is 49.8 Å². The van der Waals surface area contributed by atoms with E-state index in [2.05, 4.69) is 5.32 Å². The van der Waals surface area contributed by atoms with Gasteiger partial charge in [-0.05, 0) is 31.7 Å². The highest BCUT2D eigenvalue weighted by Crippen LogP contribution is 2.20. The lowest BCUT2D eigenvalue weighted by Gasteiger charge is -2.33. The Morgan fingerprint density at radius 1 is 1.07 bits per heavy atom. The number of ether oxygens (including phenoxy) is 1. The molecule has 1 aromatic carbocycles. The number of nitrogens with zero attached hydrogens (tertiary/aromatic N) is 2.